The molecule has 1 aliphatic heterocycles. The van der Waals surface area contributed by atoms with Gasteiger partial charge in [0.05, 0.1) is 5.41 Å². The fraction of sp³-hybridized carbons (Fsp3) is 0.562. The average Bonchev–Trinajstić information content (AvgIpc) is 2.48. The smallest absolute Gasteiger partial charge is 0.311 e. The highest BCUT2D eigenvalue weighted by Crippen LogP contribution is 2.34. The number of rotatable bonds is 5. The number of carboxylic acid groups (broad SMARTS) is 1. The van der Waals surface area contributed by atoms with E-state index in [9.17, 15) is 9.90 Å². The molecule has 0 spiro atoms. The van der Waals surface area contributed by atoms with Crippen LogP contribution in [0.5, 0.6) is 0 Å². The van der Waals surface area contributed by atoms with E-state index in [-0.39, 0.29) is 6.04 Å². The van der Waals surface area contributed by atoms with Gasteiger partial charge < -0.3 is 9.84 Å². The molecule has 2 rings (SSSR count). The van der Waals surface area contributed by atoms with Crippen LogP contribution >= 0.6 is 11.6 Å². The van der Waals surface area contributed by atoms with Crippen LogP contribution in [0, 0.1) is 5.41 Å². The summed E-state index contributed by atoms with van der Waals surface area (Å²) in [5.74, 6) is -0.721. The van der Waals surface area contributed by atoms with Gasteiger partial charge in [-0.25, -0.2) is 0 Å². The van der Waals surface area contributed by atoms with E-state index < -0.39 is 11.4 Å². The van der Waals surface area contributed by atoms with Gasteiger partial charge in [0.1, 0.15) is 0 Å². The number of hydrogen-bond acceptors (Lipinski definition) is 3. The van der Waals surface area contributed by atoms with Gasteiger partial charge in [-0.05, 0) is 44.5 Å². The first-order valence-electron chi connectivity index (χ1n) is 7.21. The zero-order chi connectivity index (χ0) is 15.5. The Morgan fingerprint density at radius 1 is 1.38 bits per heavy atom. The van der Waals surface area contributed by atoms with E-state index in [4.69, 9.17) is 16.3 Å². The third kappa shape index (κ3) is 3.76. The summed E-state index contributed by atoms with van der Waals surface area (Å²) in [7, 11) is 1.97. The first-order chi connectivity index (χ1) is 9.94. The third-order valence-corrected chi connectivity index (χ3v) is 4.72. The number of hydrogen-bond donors (Lipinski definition) is 1. The van der Waals surface area contributed by atoms with Crippen LogP contribution in [-0.2, 0) is 9.53 Å². The molecular formula is C16H22ClNO3. The molecule has 1 atom stereocenters. The standard InChI is InChI=1S/C16H22ClNO3/c1-12(13-3-5-14(17)6-4-13)18(2)11-16(15(19)20)7-9-21-10-8-16/h3-6,12H,7-11H2,1-2H3,(H,19,20). The number of benzene rings is 1. The molecule has 0 amide bonds. The molecule has 1 aromatic carbocycles. The Kier molecular flexibility index (Phi) is 5.25. The summed E-state index contributed by atoms with van der Waals surface area (Å²) >= 11 is 5.91. The molecule has 0 bridgehead atoms. The molecule has 1 aliphatic rings. The molecule has 4 nitrogen and oxygen atoms in total. The van der Waals surface area contributed by atoms with Crippen molar-refractivity contribution in [2.75, 3.05) is 26.8 Å². The molecule has 1 saturated heterocycles. The van der Waals surface area contributed by atoms with Crippen molar-refractivity contribution in [3.8, 4) is 0 Å². The van der Waals surface area contributed by atoms with Crippen molar-refractivity contribution in [2.45, 2.75) is 25.8 Å². The number of aliphatic carboxylic acids is 1. The first kappa shape index (κ1) is 16.3. The third-order valence-electron chi connectivity index (χ3n) is 4.47. The Morgan fingerprint density at radius 2 is 1.95 bits per heavy atom. The molecule has 0 aromatic heterocycles. The van der Waals surface area contributed by atoms with Crippen molar-refractivity contribution in [3.63, 3.8) is 0 Å². The molecule has 5 heteroatoms. The highest BCUT2D eigenvalue weighted by Gasteiger charge is 2.41. The molecule has 1 N–H and O–H groups in total. The van der Waals surface area contributed by atoms with Crippen LogP contribution in [0.4, 0.5) is 0 Å². The van der Waals surface area contributed by atoms with E-state index in [2.05, 4.69) is 11.8 Å². The fourth-order valence-electron chi connectivity index (χ4n) is 2.81. The summed E-state index contributed by atoms with van der Waals surface area (Å²) in [5, 5.41) is 10.3. The molecule has 1 unspecified atom stereocenters. The maximum absolute atomic E-state index is 11.7. The monoisotopic (exact) mass is 311 g/mol. The molecule has 116 valence electrons. The largest absolute Gasteiger partial charge is 0.481 e. The van der Waals surface area contributed by atoms with E-state index in [1.54, 1.807) is 0 Å². The van der Waals surface area contributed by atoms with E-state index in [0.29, 0.717) is 37.6 Å². The zero-order valence-corrected chi connectivity index (χ0v) is 13.3. The molecule has 0 saturated carbocycles. The van der Waals surface area contributed by atoms with Gasteiger partial charge in [-0.3, -0.25) is 9.69 Å². The lowest BCUT2D eigenvalue weighted by atomic mass is 9.79. The van der Waals surface area contributed by atoms with Gasteiger partial charge in [-0.15, -0.1) is 0 Å². The van der Waals surface area contributed by atoms with Gasteiger partial charge in [0.2, 0.25) is 0 Å². The Balaban J connectivity index is 2.09. The molecule has 1 aromatic rings. The van der Waals surface area contributed by atoms with Gasteiger partial charge in [-0.1, -0.05) is 23.7 Å². The van der Waals surface area contributed by atoms with Gasteiger partial charge >= 0.3 is 5.97 Å². The van der Waals surface area contributed by atoms with Gasteiger partial charge in [-0.2, -0.15) is 0 Å². The second kappa shape index (κ2) is 6.77. The lowest BCUT2D eigenvalue weighted by molar-refractivity contribution is -0.156. The number of carbonyl (C=O) groups is 1. The van der Waals surface area contributed by atoms with E-state index in [1.165, 1.54) is 0 Å². The average molecular weight is 312 g/mol. The zero-order valence-electron chi connectivity index (χ0n) is 12.5. The minimum atomic E-state index is -0.721. The van der Waals surface area contributed by atoms with Crippen LogP contribution in [0.3, 0.4) is 0 Å². The normalized spacial score (nSPS) is 19.4. The topological polar surface area (TPSA) is 49.8 Å². The Labute approximate surface area is 130 Å². The summed E-state index contributed by atoms with van der Waals surface area (Å²) in [5.41, 5.74) is 0.433. The molecule has 1 heterocycles. The van der Waals surface area contributed by atoms with E-state index in [0.717, 1.165) is 5.56 Å². The maximum Gasteiger partial charge on any atom is 0.311 e. The number of halogens is 1. The van der Waals surface area contributed by atoms with Crippen molar-refractivity contribution < 1.29 is 14.6 Å². The number of carboxylic acids is 1. The van der Waals surface area contributed by atoms with Crippen molar-refractivity contribution in [1.82, 2.24) is 4.90 Å². The highest BCUT2D eigenvalue weighted by atomic mass is 35.5. The van der Waals surface area contributed by atoms with Crippen LogP contribution in [0.1, 0.15) is 31.4 Å². The Morgan fingerprint density at radius 3 is 2.48 bits per heavy atom. The summed E-state index contributed by atoms with van der Waals surface area (Å²) < 4.78 is 5.32. The lowest BCUT2D eigenvalue weighted by Gasteiger charge is -2.38. The summed E-state index contributed by atoms with van der Waals surface area (Å²) in [6, 6.07) is 7.84. The summed E-state index contributed by atoms with van der Waals surface area (Å²) in [6.07, 6.45) is 1.14. The van der Waals surface area contributed by atoms with Crippen LogP contribution < -0.4 is 0 Å². The van der Waals surface area contributed by atoms with Gasteiger partial charge in [0.15, 0.2) is 0 Å². The number of nitrogens with zero attached hydrogens (tertiary/aromatic N) is 1. The molecular weight excluding hydrogens is 290 g/mol. The van der Waals surface area contributed by atoms with E-state index >= 15 is 0 Å². The molecule has 0 aliphatic carbocycles. The van der Waals surface area contributed by atoms with Crippen LogP contribution in [0.25, 0.3) is 0 Å². The fourth-order valence-corrected chi connectivity index (χ4v) is 2.94. The molecule has 21 heavy (non-hydrogen) atoms. The quantitative estimate of drug-likeness (QED) is 0.907. The second-order valence-corrected chi connectivity index (χ2v) is 6.28. The predicted octanol–water partition coefficient (Wildman–Crippen LogP) is 3.21. The van der Waals surface area contributed by atoms with E-state index in [1.807, 2.05) is 31.3 Å². The van der Waals surface area contributed by atoms with Crippen molar-refractivity contribution in [2.24, 2.45) is 5.41 Å². The minimum absolute atomic E-state index is 0.140. The van der Waals surface area contributed by atoms with Crippen molar-refractivity contribution in [3.05, 3.63) is 34.9 Å². The van der Waals surface area contributed by atoms with Gasteiger partial charge in [0.25, 0.3) is 0 Å². The highest BCUT2D eigenvalue weighted by molar-refractivity contribution is 6.30. The predicted molar refractivity (Wildman–Crippen MR) is 82.6 cm³/mol. The van der Waals surface area contributed by atoms with Crippen molar-refractivity contribution >= 4 is 17.6 Å². The van der Waals surface area contributed by atoms with Crippen LogP contribution in [0.2, 0.25) is 5.02 Å². The summed E-state index contributed by atoms with van der Waals surface area (Å²) in [4.78, 5) is 13.8. The molecule has 1 fully saturated rings. The van der Waals surface area contributed by atoms with Crippen LogP contribution in [-0.4, -0.2) is 42.8 Å². The van der Waals surface area contributed by atoms with Crippen LogP contribution in [0.15, 0.2) is 24.3 Å². The second-order valence-electron chi connectivity index (χ2n) is 5.84. The minimum Gasteiger partial charge on any atom is -0.481 e. The Bertz CT molecular complexity index is 483. The number of ether oxygens (including phenoxy) is 1. The summed E-state index contributed by atoms with van der Waals surface area (Å²) in [6.45, 7) is 3.65. The maximum atomic E-state index is 11.7. The molecule has 0 radical (unpaired) electrons. The first-order valence-corrected chi connectivity index (χ1v) is 7.59. The van der Waals surface area contributed by atoms with Crippen molar-refractivity contribution in [1.29, 1.82) is 0 Å². The SMILES string of the molecule is CC(c1ccc(Cl)cc1)N(C)CC1(C(=O)O)CCOCC1. The lowest BCUT2D eigenvalue weighted by Crippen LogP contribution is -2.46. The van der Waals surface area contributed by atoms with Gasteiger partial charge in [0, 0.05) is 30.8 Å². The Hall–Kier alpha value is -1.10.